The Hall–Kier alpha value is -1.43. The molecule has 110 valence electrons. The summed E-state index contributed by atoms with van der Waals surface area (Å²) in [5.41, 5.74) is 0.906. The van der Waals surface area contributed by atoms with Crippen molar-refractivity contribution in [1.29, 1.82) is 0 Å². The first-order valence-corrected chi connectivity index (χ1v) is 6.86. The minimum atomic E-state index is 0.0589. The summed E-state index contributed by atoms with van der Waals surface area (Å²) in [6.45, 7) is 2.97. The quantitative estimate of drug-likeness (QED) is 0.806. The van der Waals surface area contributed by atoms with Crippen LogP contribution in [-0.2, 0) is 14.3 Å². The molecule has 20 heavy (non-hydrogen) atoms. The summed E-state index contributed by atoms with van der Waals surface area (Å²) in [6, 6.07) is 9.65. The van der Waals surface area contributed by atoms with Crippen LogP contribution in [0.2, 0.25) is 0 Å². The van der Waals surface area contributed by atoms with Gasteiger partial charge in [0.05, 0.1) is 32.5 Å². The molecule has 0 saturated carbocycles. The van der Waals surface area contributed by atoms with Crippen LogP contribution in [0.4, 0.5) is 5.69 Å². The van der Waals surface area contributed by atoms with Crippen LogP contribution in [0, 0.1) is 0 Å². The summed E-state index contributed by atoms with van der Waals surface area (Å²) >= 11 is 0. The minimum absolute atomic E-state index is 0.0589. The summed E-state index contributed by atoms with van der Waals surface area (Å²) in [4.78, 5) is 15.9. The van der Waals surface area contributed by atoms with Crippen molar-refractivity contribution in [3.8, 4) is 0 Å². The Morgan fingerprint density at radius 3 is 2.65 bits per heavy atom. The van der Waals surface area contributed by atoms with Gasteiger partial charge in [0.25, 0.3) is 0 Å². The monoisotopic (exact) mass is 278 g/mol. The van der Waals surface area contributed by atoms with Gasteiger partial charge in [-0.3, -0.25) is 9.69 Å². The molecule has 0 spiro atoms. The van der Waals surface area contributed by atoms with Crippen LogP contribution < -0.4 is 4.90 Å². The Labute approximate surface area is 120 Å². The Kier molecular flexibility index (Phi) is 5.52. The van der Waals surface area contributed by atoms with Crippen LogP contribution in [0.5, 0.6) is 0 Å². The molecule has 1 amide bonds. The Morgan fingerprint density at radius 1 is 1.25 bits per heavy atom. The molecular weight excluding hydrogens is 256 g/mol. The minimum Gasteiger partial charge on any atom is -0.376 e. The first kappa shape index (κ1) is 15.0. The van der Waals surface area contributed by atoms with E-state index in [-0.39, 0.29) is 12.0 Å². The first-order chi connectivity index (χ1) is 9.66. The predicted molar refractivity (Wildman–Crippen MR) is 77.9 cm³/mol. The van der Waals surface area contributed by atoms with E-state index in [0.29, 0.717) is 32.9 Å². The predicted octanol–water partition coefficient (Wildman–Crippen LogP) is 0.997. The molecule has 0 aliphatic carbocycles. The molecule has 1 aliphatic heterocycles. The normalized spacial score (nSPS) is 19.1. The van der Waals surface area contributed by atoms with E-state index in [1.165, 1.54) is 0 Å². The van der Waals surface area contributed by atoms with Crippen LogP contribution in [-0.4, -0.2) is 63.9 Å². The molecule has 0 N–H and O–H groups in total. The highest BCUT2D eigenvalue weighted by Gasteiger charge is 2.19. The van der Waals surface area contributed by atoms with Crippen LogP contribution in [0.25, 0.3) is 0 Å². The molecule has 1 atom stereocenters. The van der Waals surface area contributed by atoms with E-state index in [9.17, 15) is 4.79 Å². The lowest BCUT2D eigenvalue weighted by Crippen LogP contribution is -2.43. The Balaban J connectivity index is 1.81. The summed E-state index contributed by atoms with van der Waals surface area (Å²) in [7, 11) is 3.72. The average molecular weight is 278 g/mol. The molecule has 0 aromatic heterocycles. The van der Waals surface area contributed by atoms with Crippen molar-refractivity contribution in [2.75, 3.05) is 51.9 Å². The van der Waals surface area contributed by atoms with Crippen molar-refractivity contribution in [3.63, 3.8) is 0 Å². The number of para-hydroxylation sites is 1. The number of anilines is 1. The average Bonchev–Trinajstić information content (AvgIpc) is 2.48. The Morgan fingerprint density at radius 2 is 2.00 bits per heavy atom. The highest BCUT2D eigenvalue weighted by molar-refractivity contribution is 5.94. The molecule has 2 rings (SSSR count). The van der Waals surface area contributed by atoms with Crippen LogP contribution in [0.15, 0.2) is 30.3 Å². The van der Waals surface area contributed by atoms with E-state index >= 15 is 0 Å². The second kappa shape index (κ2) is 7.38. The van der Waals surface area contributed by atoms with E-state index < -0.39 is 0 Å². The molecule has 0 radical (unpaired) electrons. The van der Waals surface area contributed by atoms with Crippen molar-refractivity contribution in [2.45, 2.75) is 6.10 Å². The lowest BCUT2D eigenvalue weighted by molar-refractivity contribution is -0.121. The fourth-order valence-corrected chi connectivity index (χ4v) is 2.19. The third-order valence-electron chi connectivity index (χ3n) is 3.32. The lowest BCUT2D eigenvalue weighted by atomic mass is 10.3. The maximum Gasteiger partial charge on any atom is 0.240 e. The molecule has 1 aromatic carbocycles. The van der Waals surface area contributed by atoms with Gasteiger partial charge in [-0.2, -0.15) is 0 Å². The van der Waals surface area contributed by atoms with E-state index in [1.807, 2.05) is 42.3 Å². The molecule has 1 unspecified atom stereocenters. The van der Waals surface area contributed by atoms with Gasteiger partial charge in [-0.05, 0) is 19.2 Å². The summed E-state index contributed by atoms with van der Waals surface area (Å²) in [5.74, 6) is 0.0652. The van der Waals surface area contributed by atoms with E-state index in [4.69, 9.17) is 9.47 Å². The number of hydrogen-bond acceptors (Lipinski definition) is 4. The number of hydrogen-bond donors (Lipinski definition) is 0. The summed E-state index contributed by atoms with van der Waals surface area (Å²) < 4.78 is 10.9. The summed E-state index contributed by atoms with van der Waals surface area (Å²) in [6.07, 6.45) is 0.0589. The Bertz CT molecular complexity index is 418. The van der Waals surface area contributed by atoms with Crippen molar-refractivity contribution in [1.82, 2.24) is 4.90 Å². The fraction of sp³-hybridized carbons (Fsp3) is 0.533. The van der Waals surface area contributed by atoms with Crippen molar-refractivity contribution in [2.24, 2.45) is 0 Å². The van der Waals surface area contributed by atoms with Crippen LogP contribution in [0.1, 0.15) is 0 Å². The maximum absolute atomic E-state index is 12.2. The number of carbonyl (C=O) groups excluding carboxylic acids is 1. The van der Waals surface area contributed by atoms with Crippen molar-refractivity contribution in [3.05, 3.63) is 30.3 Å². The zero-order valence-electron chi connectivity index (χ0n) is 12.1. The molecule has 1 heterocycles. The maximum atomic E-state index is 12.2. The number of benzene rings is 1. The number of carbonyl (C=O) groups is 1. The molecule has 1 aliphatic rings. The van der Waals surface area contributed by atoms with Gasteiger partial charge in [0.2, 0.25) is 5.91 Å². The second-order valence-corrected chi connectivity index (χ2v) is 5.05. The molecule has 1 saturated heterocycles. The lowest BCUT2D eigenvalue weighted by Gasteiger charge is -2.28. The third kappa shape index (κ3) is 4.30. The van der Waals surface area contributed by atoms with Crippen molar-refractivity contribution >= 4 is 11.6 Å². The van der Waals surface area contributed by atoms with Gasteiger partial charge < -0.3 is 14.4 Å². The second-order valence-electron chi connectivity index (χ2n) is 5.05. The van der Waals surface area contributed by atoms with E-state index in [0.717, 1.165) is 5.69 Å². The van der Waals surface area contributed by atoms with Gasteiger partial charge in [-0.25, -0.2) is 0 Å². The molecule has 1 aromatic rings. The number of ether oxygens (including phenoxy) is 2. The zero-order valence-corrected chi connectivity index (χ0v) is 12.1. The van der Waals surface area contributed by atoms with Gasteiger partial charge in [0.1, 0.15) is 0 Å². The third-order valence-corrected chi connectivity index (χ3v) is 3.32. The standard InChI is InChI=1S/C15H22N2O3/c1-16(10-14-12-19-8-9-20-14)11-15(18)17(2)13-6-4-3-5-7-13/h3-7,14H,8-12H2,1-2H3. The molecule has 5 nitrogen and oxygen atoms in total. The fourth-order valence-electron chi connectivity index (χ4n) is 2.19. The number of amides is 1. The van der Waals surface area contributed by atoms with Gasteiger partial charge >= 0.3 is 0 Å². The van der Waals surface area contributed by atoms with Gasteiger partial charge in [-0.1, -0.05) is 18.2 Å². The molecule has 0 bridgehead atoms. The zero-order chi connectivity index (χ0) is 14.4. The molecule has 5 heteroatoms. The number of rotatable bonds is 5. The van der Waals surface area contributed by atoms with Gasteiger partial charge in [0.15, 0.2) is 0 Å². The molecular formula is C15H22N2O3. The smallest absolute Gasteiger partial charge is 0.240 e. The van der Waals surface area contributed by atoms with Gasteiger partial charge in [-0.15, -0.1) is 0 Å². The van der Waals surface area contributed by atoms with Crippen LogP contribution >= 0.6 is 0 Å². The van der Waals surface area contributed by atoms with Crippen molar-refractivity contribution < 1.29 is 14.3 Å². The number of nitrogens with zero attached hydrogens (tertiary/aromatic N) is 2. The van der Waals surface area contributed by atoms with Gasteiger partial charge in [0, 0.05) is 19.3 Å². The summed E-state index contributed by atoms with van der Waals surface area (Å²) in [5, 5.41) is 0. The highest BCUT2D eigenvalue weighted by Crippen LogP contribution is 2.11. The SMILES string of the molecule is CN(CC(=O)N(C)c1ccccc1)CC1COCCO1. The van der Waals surface area contributed by atoms with Crippen LogP contribution in [0.3, 0.4) is 0 Å². The number of likely N-dealkylation sites (N-methyl/N-ethyl adjacent to an activating group) is 2. The van der Waals surface area contributed by atoms with E-state index in [2.05, 4.69) is 0 Å². The highest BCUT2D eigenvalue weighted by atomic mass is 16.6. The largest absolute Gasteiger partial charge is 0.376 e. The van der Waals surface area contributed by atoms with E-state index in [1.54, 1.807) is 11.9 Å². The topological polar surface area (TPSA) is 42.0 Å². The molecule has 1 fully saturated rings. The first-order valence-electron chi connectivity index (χ1n) is 6.86.